The van der Waals surface area contributed by atoms with Gasteiger partial charge in [0, 0.05) is 28.8 Å². The lowest BCUT2D eigenvalue weighted by Crippen LogP contribution is -2.59. The highest BCUT2D eigenvalue weighted by Crippen LogP contribution is 2.56. The van der Waals surface area contributed by atoms with Gasteiger partial charge in [-0.1, -0.05) is 25.0 Å². The minimum atomic E-state index is -0.0867. The van der Waals surface area contributed by atoms with Crippen LogP contribution < -0.4 is 5.32 Å². The minimum Gasteiger partial charge on any atom is -0.472 e. The highest BCUT2D eigenvalue weighted by atomic mass is 16.3. The van der Waals surface area contributed by atoms with Crippen LogP contribution in [-0.4, -0.2) is 30.4 Å². The summed E-state index contributed by atoms with van der Waals surface area (Å²) in [5.74, 6) is 0.677. The number of likely N-dealkylation sites (tertiary alicyclic amines) is 1. The standard InChI is InChI=1S/C24H28N2O2/c1-26-13-12-24-11-3-2-5-20(24)22(26)15-18-19(24)6-4-7-21(18)25-23(27)9-8-17-10-14-28-16-17/h4,6-10,14,16,20,22H,2-3,5,11-13,15H2,1H3,(H,25,27)/b9-8+/t20-,22+,24-/m0/s1. The Kier molecular flexibility index (Phi) is 4.39. The van der Waals surface area contributed by atoms with Crippen LogP contribution in [0.25, 0.3) is 6.08 Å². The van der Waals surface area contributed by atoms with Crippen LogP contribution in [0.1, 0.15) is 48.8 Å². The molecule has 5 rings (SSSR count). The molecule has 2 aromatic rings. The lowest BCUT2D eigenvalue weighted by atomic mass is 9.52. The van der Waals surface area contributed by atoms with Crippen molar-refractivity contribution in [3.05, 3.63) is 59.6 Å². The number of rotatable bonds is 3. The van der Waals surface area contributed by atoms with Crippen LogP contribution in [-0.2, 0) is 16.6 Å². The lowest BCUT2D eigenvalue weighted by Gasteiger charge is -2.58. The Hall–Kier alpha value is -2.33. The Balaban J connectivity index is 1.47. The van der Waals surface area contributed by atoms with Crippen LogP contribution in [0.15, 0.2) is 47.3 Å². The number of nitrogens with zero attached hydrogens (tertiary/aromatic N) is 1. The molecule has 2 bridgehead atoms. The molecule has 146 valence electrons. The van der Waals surface area contributed by atoms with Crippen molar-refractivity contribution in [2.75, 3.05) is 18.9 Å². The summed E-state index contributed by atoms with van der Waals surface area (Å²) in [7, 11) is 2.28. The van der Waals surface area contributed by atoms with E-state index in [1.54, 1.807) is 24.7 Å². The summed E-state index contributed by atoms with van der Waals surface area (Å²) in [5.41, 5.74) is 5.07. The molecule has 1 aromatic heterocycles. The molecule has 0 unspecified atom stereocenters. The van der Waals surface area contributed by atoms with Crippen LogP contribution in [0.2, 0.25) is 0 Å². The fraction of sp³-hybridized carbons (Fsp3) is 0.458. The first-order chi connectivity index (χ1) is 13.7. The van der Waals surface area contributed by atoms with Gasteiger partial charge in [0.25, 0.3) is 0 Å². The lowest BCUT2D eigenvalue weighted by molar-refractivity contribution is -0.111. The average molecular weight is 377 g/mol. The van der Waals surface area contributed by atoms with Crippen molar-refractivity contribution in [2.24, 2.45) is 5.92 Å². The molecule has 1 saturated carbocycles. The van der Waals surface area contributed by atoms with E-state index in [4.69, 9.17) is 4.42 Å². The fourth-order valence-electron chi connectivity index (χ4n) is 6.07. The van der Waals surface area contributed by atoms with E-state index in [1.165, 1.54) is 49.8 Å². The third-order valence-electron chi connectivity index (χ3n) is 7.39. The predicted octanol–water partition coefficient (Wildman–Crippen LogP) is 4.62. The fourth-order valence-corrected chi connectivity index (χ4v) is 6.07. The van der Waals surface area contributed by atoms with Crippen molar-refractivity contribution in [2.45, 2.75) is 50.0 Å². The van der Waals surface area contributed by atoms with E-state index in [-0.39, 0.29) is 5.91 Å². The first-order valence-electron chi connectivity index (χ1n) is 10.5. The number of furan rings is 1. The van der Waals surface area contributed by atoms with E-state index < -0.39 is 0 Å². The molecule has 3 aliphatic rings. The number of carbonyl (C=O) groups excluding carboxylic acids is 1. The summed E-state index contributed by atoms with van der Waals surface area (Å²) in [6.45, 7) is 1.19. The van der Waals surface area contributed by atoms with E-state index in [1.807, 2.05) is 6.07 Å². The number of hydrogen-bond donors (Lipinski definition) is 1. The quantitative estimate of drug-likeness (QED) is 0.795. The Morgan fingerprint density at radius 3 is 3.07 bits per heavy atom. The summed E-state index contributed by atoms with van der Waals surface area (Å²) in [6.07, 6.45) is 14.2. The Morgan fingerprint density at radius 1 is 1.29 bits per heavy atom. The molecule has 1 amide bonds. The SMILES string of the molecule is CN1CC[C@]23CCCC[C@H]2[C@H]1Cc1c(NC(=O)/C=C/c2ccoc2)cccc13. The Labute approximate surface area is 166 Å². The van der Waals surface area contributed by atoms with Crippen LogP contribution >= 0.6 is 0 Å². The van der Waals surface area contributed by atoms with Crippen molar-refractivity contribution in [1.29, 1.82) is 0 Å². The molecule has 2 heterocycles. The third-order valence-corrected chi connectivity index (χ3v) is 7.39. The maximum atomic E-state index is 12.5. The second kappa shape index (κ2) is 6.93. The number of likely N-dealkylation sites (N-methyl/N-ethyl adjacent to an activating group) is 1. The molecule has 1 N–H and O–H groups in total. The monoisotopic (exact) mass is 376 g/mol. The van der Waals surface area contributed by atoms with E-state index in [0.29, 0.717) is 11.5 Å². The van der Waals surface area contributed by atoms with E-state index in [9.17, 15) is 4.79 Å². The molecular weight excluding hydrogens is 348 g/mol. The normalized spacial score (nSPS) is 29.3. The molecule has 2 fully saturated rings. The summed E-state index contributed by atoms with van der Waals surface area (Å²) in [5, 5.41) is 3.15. The van der Waals surface area contributed by atoms with Crippen LogP contribution in [0.3, 0.4) is 0 Å². The van der Waals surface area contributed by atoms with Gasteiger partial charge >= 0.3 is 0 Å². The maximum absolute atomic E-state index is 12.5. The molecule has 1 saturated heterocycles. The zero-order valence-corrected chi connectivity index (χ0v) is 16.5. The largest absolute Gasteiger partial charge is 0.472 e. The van der Waals surface area contributed by atoms with Crippen molar-refractivity contribution in [3.63, 3.8) is 0 Å². The molecule has 1 aromatic carbocycles. The second-order valence-electron chi connectivity index (χ2n) is 8.72. The van der Waals surface area contributed by atoms with Crippen molar-refractivity contribution < 1.29 is 9.21 Å². The smallest absolute Gasteiger partial charge is 0.248 e. The van der Waals surface area contributed by atoms with Gasteiger partial charge in [0.1, 0.15) is 0 Å². The molecule has 2 aliphatic carbocycles. The number of anilines is 1. The van der Waals surface area contributed by atoms with Gasteiger partial charge in [-0.15, -0.1) is 0 Å². The number of fused-ring (bicyclic) bond motifs is 1. The van der Waals surface area contributed by atoms with Gasteiger partial charge in [0.05, 0.1) is 12.5 Å². The third kappa shape index (κ3) is 2.82. The van der Waals surface area contributed by atoms with Gasteiger partial charge in [-0.3, -0.25) is 4.79 Å². The zero-order chi connectivity index (χ0) is 19.1. The van der Waals surface area contributed by atoms with Gasteiger partial charge in [0.15, 0.2) is 0 Å². The van der Waals surface area contributed by atoms with Gasteiger partial charge in [0.2, 0.25) is 5.91 Å². The molecule has 4 heteroatoms. The first kappa shape index (κ1) is 17.7. The van der Waals surface area contributed by atoms with Gasteiger partial charge in [-0.2, -0.15) is 0 Å². The number of carbonyl (C=O) groups is 1. The van der Waals surface area contributed by atoms with Crippen LogP contribution in [0.5, 0.6) is 0 Å². The summed E-state index contributed by atoms with van der Waals surface area (Å²) >= 11 is 0. The molecule has 3 atom stereocenters. The van der Waals surface area contributed by atoms with E-state index >= 15 is 0 Å². The predicted molar refractivity (Wildman–Crippen MR) is 111 cm³/mol. The van der Waals surface area contributed by atoms with Crippen LogP contribution in [0.4, 0.5) is 5.69 Å². The summed E-state index contributed by atoms with van der Waals surface area (Å²) in [4.78, 5) is 15.1. The van der Waals surface area contributed by atoms with Crippen molar-refractivity contribution in [1.82, 2.24) is 4.90 Å². The Bertz CT molecular complexity index is 901. The number of piperidine rings is 1. The topological polar surface area (TPSA) is 45.5 Å². The van der Waals surface area contributed by atoms with E-state index in [0.717, 1.165) is 23.6 Å². The van der Waals surface area contributed by atoms with E-state index in [2.05, 4.69) is 35.5 Å². The first-order valence-corrected chi connectivity index (χ1v) is 10.5. The maximum Gasteiger partial charge on any atom is 0.248 e. The zero-order valence-electron chi connectivity index (χ0n) is 16.5. The van der Waals surface area contributed by atoms with Crippen molar-refractivity contribution >= 4 is 17.7 Å². The van der Waals surface area contributed by atoms with Crippen LogP contribution in [0, 0.1) is 5.92 Å². The number of nitrogens with one attached hydrogen (secondary N) is 1. The highest BCUT2D eigenvalue weighted by molar-refractivity contribution is 6.02. The summed E-state index contributed by atoms with van der Waals surface area (Å²) in [6, 6.07) is 8.98. The number of benzene rings is 1. The number of amides is 1. The molecular formula is C24H28N2O2. The second-order valence-corrected chi connectivity index (χ2v) is 8.72. The van der Waals surface area contributed by atoms with Gasteiger partial charge in [-0.25, -0.2) is 0 Å². The molecule has 0 spiro atoms. The van der Waals surface area contributed by atoms with Gasteiger partial charge in [-0.05, 0) is 74.5 Å². The Morgan fingerprint density at radius 2 is 2.21 bits per heavy atom. The average Bonchev–Trinajstić information content (AvgIpc) is 3.23. The van der Waals surface area contributed by atoms with Crippen molar-refractivity contribution in [3.8, 4) is 0 Å². The summed E-state index contributed by atoms with van der Waals surface area (Å²) < 4.78 is 5.05. The molecule has 0 radical (unpaired) electrons. The van der Waals surface area contributed by atoms with Gasteiger partial charge < -0.3 is 14.6 Å². The molecule has 28 heavy (non-hydrogen) atoms. The minimum absolute atomic E-state index is 0.0867. The number of hydrogen-bond acceptors (Lipinski definition) is 3. The highest BCUT2D eigenvalue weighted by Gasteiger charge is 2.53. The molecule has 1 aliphatic heterocycles. The molecule has 4 nitrogen and oxygen atoms in total.